The van der Waals surface area contributed by atoms with Crippen molar-refractivity contribution in [3.8, 4) is 0 Å². The number of likely N-dealkylation sites (N-methyl/N-ethyl adjacent to an activating group) is 1. The lowest BCUT2D eigenvalue weighted by Gasteiger charge is -2.29. The van der Waals surface area contributed by atoms with Crippen LogP contribution < -0.4 is 15.5 Å². The minimum absolute atomic E-state index is 0.0672. The van der Waals surface area contributed by atoms with Crippen LogP contribution in [0.25, 0.3) is 10.8 Å². The lowest BCUT2D eigenvalue weighted by molar-refractivity contribution is -0.131. The summed E-state index contributed by atoms with van der Waals surface area (Å²) in [6.45, 7) is 11.3. The maximum atomic E-state index is 15.7. The number of carbonyl (C=O) groups excluding carboxylic acids is 4. The van der Waals surface area contributed by atoms with Crippen LogP contribution in [0.5, 0.6) is 0 Å². The van der Waals surface area contributed by atoms with Gasteiger partial charge in [0.2, 0.25) is 5.91 Å². The van der Waals surface area contributed by atoms with Crippen molar-refractivity contribution in [3.05, 3.63) is 94.2 Å². The minimum Gasteiger partial charge on any atom is -0.478 e. The highest BCUT2D eigenvalue weighted by atomic mass is 19.3. The summed E-state index contributed by atoms with van der Waals surface area (Å²) < 4.78 is 47.3. The average molecular weight is 790 g/mol. The number of aromatic carboxylic acids is 1. The monoisotopic (exact) mass is 789 g/mol. The number of aromatic nitrogens is 1. The molecule has 3 aromatic carbocycles. The van der Waals surface area contributed by atoms with Crippen LogP contribution in [0.3, 0.4) is 0 Å². The standard InChI is InChI=1S/C41H45F2N5O9/c1-22-16-25-17-23(2)31(22)41(42,43)21-55-36(52)46-28-11-13-30(35(50)51)26(19-28)20-47(9)34(49)32(25)45-27-10-12-29-24(18-27)14-15-44-33(29)48(37(53)56-39(3,4)5)38(54)57-40(6,7)8/h10-19,32,45H,20-21H2,1-9H3,(H,46,52)(H,50,51). The Morgan fingerprint density at radius 3 is 2.14 bits per heavy atom. The number of amides is 4. The molecule has 6 rings (SSSR count). The van der Waals surface area contributed by atoms with Gasteiger partial charge in [-0.15, -0.1) is 0 Å². The maximum Gasteiger partial charge on any atom is 0.425 e. The number of hydrogen-bond acceptors (Lipinski definition) is 10. The Balaban J connectivity index is 1.61. The first-order valence-electron chi connectivity index (χ1n) is 17.9. The van der Waals surface area contributed by atoms with Crippen LogP contribution >= 0.6 is 0 Å². The fraction of sp³-hybridized carbons (Fsp3) is 0.366. The van der Waals surface area contributed by atoms with Gasteiger partial charge in [0, 0.05) is 42.1 Å². The van der Waals surface area contributed by atoms with E-state index >= 15 is 8.78 Å². The van der Waals surface area contributed by atoms with Gasteiger partial charge in [0.25, 0.3) is 0 Å². The van der Waals surface area contributed by atoms with E-state index < -0.39 is 59.9 Å². The molecule has 14 nitrogen and oxygen atoms in total. The third-order valence-electron chi connectivity index (χ3n) is 8.67. The number of fused-ring (bicyclic) bond motifs is 10. The van der Waals surface area contributed by atoms with Crippen molar-refractivity contribution < 1.29 is 52.1 Å². The molecule has 1 atom stereocenters. The van der Waals surface area contributed by atoms with E-state index in [0.29, 0.717) is 26.9 Å². The zero-order chi connectivity index (χ0) is 42.2. The Morgan fingerprint density at radius 1 is 0.947 bits per heavy atom. The number of rotatable bonds is 4. The van der Waals surface area contributed by atoms with Crippen LogP contribution in [-0.2, 0) is 31.5 Å². The zero-order valence-corrected chi connectivity index (χ0v) is 33.1. The molecular formula is C41H45F2N5O9. The van der Waals surface area contributed by atoms with E-state index in [2.05, 4.69) is 15.6 Å². The van der Waals surface area contributed by atoms with Crippen molar-refractivity contribution in [2.24, 2.45) is 0 Å². The Hall–Kier alpha value is -6.32. The molecule has 1 unspecified atom stereocenters. The number of anilines is 3. The second-order valence-corrected chi connectivity index (χ2v) is 15.8. The number of carbonyl (C=O) groups is 5. The summed E-state index contributed by atoms with van der Waals surface area (Å²) in [6, 6.07) is 12.0. The van der Waals surface area contributed by atoms with Gasteiger partial charge >= 0.3 is 30.2 Å². The number of ether oxygens (including phenoxy) is 3. The molecule has 3 N–H and O–H groups in total. The molecule has 2 aliphatic rings. The molecule has 0 saturated heterocycles. The Kier molecular flexibility index (Phi) is 11.5. The molecule has 57 heavy (non-hydrogen) atoms. The topological polar surface area (TPSA) is 177 Å². The third-order valence-corrected chi connectivity index (χ3v) is 8.67. The molecule has 0 spiro atoms. The van der Waals surface area contributed by atoms with Crippen molar-refractivity contribution in [1.82, 2.24) is 9.88 Å². The summed E-state index contributed by atoms with van der Waals surface area (Å²) in [4.78, 5) is 72.4. The summed E-state index contributed by atoms with van der Waals surface area (Å²) in [7, 11) is 1.46. The highest BCUT2D eigenvalue weighted by Gasteiger charge is 2.39. The number of nitrogens with one attached hydrogen (secondary N) is 2. The molecule has 0 saturated carbocycles. The molecule has 3 heterocycles. The van der Waals surface area contributed by atoms with Crippen LogP contribution in [0.4, 0.5) is 40.4 Å². The molecule has 1 aromatic heterocycles. The van der Waals surface area contributed by atoms with Crippen molar-refractivity contribution in [2.45, 2.75) is 85.1 Å². The molecule has 0 aliphatic carbocycles. The smallest absolute Gasteiger partial charge is 0.425 e. The summed E-state index contributed by atoms with van der Waals surface area (Å²) in [5.74, 6) is -5.51. The number of halogens is 2. The normalized spacial score (nSPS) is 16.1. The largest absolute Gasteiger partial charge is 0.478 e. The number of alkyl halides is 2. The van der Waals surface area contributed by atoms with Gasteiger partial charge in [-0.1, -0.05) is 12.1 Å². The summed E-state index contributed by atoms with van der Waals surface area (Å²) in [6.07, 6.45) is -1.80. The molecule has 4 aromatic rings. The molecule has 4 bridgehead atoms. The zero-order valence-electron chi connectivity index (χ0n) is 33.1. The van der Waals surface area contributed by atoms with E-state index in [0.717, 1.165) is 0 Å². The predicted molar refractivity (Wildman–Crippen MR) is 208 cm³/mol. The number of aryl methyl sites for hydroxylation is 2. The molecule has 0 radical (unpaired) electrons. The summed E-state index contributed by atoms with van der Waals surface area (Å²) in [5.41, 5.74) is -1.26. The number of carboxylic acids is 1. The third kappa shape index (κ3) is 9.74. The number of pyridine rings is 1. The van der Waals surface area contributed by atoms with Gasteiger partial charge in [-0.2, -0.15) is 13.7 Å². The summed E-state index contributed by atoms with van der Waals surface area (Å²) in [5, 5.41) is 16.3. The SMILES string of the molecule is Cc1cc2cc(C)c1C(F)(F)COC(=O)Nc1ccc(C(=O)O)c(c1)CN(C)C(=O)C2Nc1ccc2c(N(C(=O)OC(C)(C)C)C(=O)OC(C)(C)C)nccc2c1. The molecular weight excluding hydrogens is 744 g/mol. The minimum atomic E-state index is -3.61. The van der Waals surface area contributed by atoms with Gasteiger partial charge in [0.1, 0.15) is 17.2 Å². The molecule has 302 valence electrons. The van der Waals surface area contributed by atoms with Crippen molar-refractivity contribution >= 4 is 58.1 Å². The van der Waals surface area contributed by atoms with Crippen molar-refractivity contribution in [3.63, 3.8) is 0 Å². The number of carboxylic acid groups (broad SMARTS) is 1. The average Bonchev–Trinajstić information content (AvgIpc) is 3.07. The summed E-state index contributed by atoms with van der Waals surface area (Å²) >= 11 is 0. The van der Waals surface area contributed by atoms with Gasteiger partial charge in [-0.05, 0) is 125 Å². The number of nitrogens with zero attached hydrogens (tertiary/aromatic N) is 3. The van der Waals surface area contributed by atoms with Crippen molar-refractivity contribution in [2.75, 3.05) is 29.2 Å². The first kappa shape index (κ1) is 41.8. The predicted octanol–water partition coefficient (Wildman–Crippen LogP) is 8.69. The first-order chi connectivity index (χ1) is 26.4. The Labute approximate surface area is 328 Å². The van der Waals surface area contributed by atoms with Crippen LogP contribution in [0.2, 0.25) is 0 Å². The fourth-order valence-electron chi connectivity index (χ4n) is 6.43. The molecule has 16 heteroatoms. The van der Waals surface area contributed by atoms with Crippen molar-refractivity contribution in [1.29, 1.82) is 0 Å². The number of imide groups is 1. The van der Waals surface area contributed by atoms with Gasteiger partial charge < -0.3 is 29.5 Å². The van der Waals surface area contributed by atoms with E-state index in [1.165, 1.54) is 62.3 Å². The Morgan fingerprint density at radius 2 is 1.56 bits per heavy atom. The highest BCUT2D eigenvalue weighted by molar-refractivity contribution is 6.14. The van der Waals surface area contributed by atoms with E-state index in [1.54, 1.807) is 65.8 Å². The molecule has 0 fully saturated rings. The van der Waals surface area contributed by atoms with Gasteiger partial charge in [0.15, 0.2) is 12.4 Å². The number of hydrogen-bond donors (Lipinski definition) is 3. The highest BCUT2D eigenvalue weighted by Crippen LogP contribution is 2.37. The van der Waals surface area contributed by atoms with Crippen LogP contribution in [0.15, 0.2) is 60.8 Å². The number of benzene rings is 3. The van der Waals surface area contributed by atoms with E-state index in [4.69, 9.17) is 14.2 Å². The second-order valence-electron chi connectivity index (χ2n) is 15.8. The van der Waals surface area contributed by atoms with Crippen LogP contribution in [-0.4, -0.2) is 70.0 Å². The molecule has 2 aliphatic heterocycles. The quantitative estimate of drug-likeness (QED) is 0.169. The van der Waals surface area contributed by atoms with Crippen LogP contribution in [0, 0.1) is 13.8 Å². The lowest BCUT2D eigenvalue weighted by atomic mass is 9.91. The van der Waals surface area contributed by atoms with Gasteiger partial charge in [-0.25, -0.2) is 24.2 Å². The lowest BCUT2D eigenvalue weighted by Crippen LogP contribution is -2.44. The van der Waals surface area contributed by atoms with E-state index in [9.17, 15) is 29.1 Å². The molecule has 4 amide bonds. The fourth-order valence-corrected chi connectivity index (χ4v) is 6.43. The van der Waals surface area contributed by atoms with E-state index in [-0.39, 0.29) is 45.9 Å². The van der Waals surface area contributed by atoms with Gasteiger partial charge in [0.05, 0.1) is 5.56 Å². The van der Waals surface area contributed by atoms with Crippen LogP contribution in [0.1, 0.15) is 85.8 Å². The van der Waals surface area contributed by atoms with Gasteiger partial charge in [-0.3, -0.25) is 10.1 Å². The Bertz CT molecular complexity index is 2210. The first-order valence-corrected chi connectivity index (χ1v) is 17.9. The van der Waals surface area contributed by atoms with E-state index in [1.807, 2.05) is 0 Å². The second kappa shape index (κ2) is 15.7. The maximum absolute atomic E-state index is 15.7.